The first kappa shape index (κ1) is 24.3. The van der Waals surface area contributed by atoms with Crippen molar-refractivity contribution in [1.29, 1.82) is 0 Å². The monoisotopic (exact) mass is 642 g/mol. The second-order valence-electron chi connectivity index (χ2n) is 7.86. The molecule has 0 unspecified atom stereocenters. The number of hydrogen-bond donors (Lipinski definition) is 2. The Morgan fingerprint density at radius 2 is 1.11 bits per heavy atom. The summed E-state index contributed by atoms with van der Waals surface area (Å²) in [7, 11) is 0. The van der Waals surface area contributed by atoms with Crippen LogP contribution in [0.25, 0.3) is 0 Å². The van der Waals surface area contributed by atoms with Gasteiger partial charge in [0.25, 0.3) is 0 Å². The van der Waals surface area contributed by atoms with Crippen molar-refractivity contribution in [3.63, 3.8) is 0 Å². The Balaban J connectivity index is 1.33. The number of ether oxygens (including phenoxy) is 4. The number of aromatic nitrogens is 2. The molecule has 2 aromatic carbocycles. The number of carbonyl (C=O) groups excluding carboxylic acids is 2. The average Bonchev–Trinajstić information content (AvgIpc) is 3.62. The van der Waals surface area contributed by atoms with E-state index in [1.54, 1.807) is 73.1 Å². The molecule has 0 saturated heterocycles. The fraction of sp³-hybridized carbons (Fsp3) is 0.0769. The van der Waals surface area contributed by atoms with E-state index in [-0.39, 0.29) is 51.7 Å². The van der Waals surface area contributed by atoms with Crippen molar-refractivity contribution < 1.29 is 28.5 Å². The second-order valence-corrected chi connectivity index (χ2v) is 13.9. The quantitative estimate of drug-likeness (QED) is 0.293. The Morgan fingerprint density at radius 3 is 1.53 bits per heavy atom. The van der Waals surface area contributed by atoms with Crippen LogP contribution >= 0.6 is 0 Å². The molecule has 12 heteroatoms. The predicted molar refractivity (Wildman–Crippen MR) is 140 cm³/mol. The summed E-state index contributed by atoms with van der Waals surface area (Å²) >= 11 is -0.603. The van der Waals surface area contributed by atoms with Crippen molar-refractivity contribution in [3.8, 4) is 23.0 Å². The summed E-state index contributed by atoms with van der Waals surface area (Å²) in [6, 6.07) is 17.5. The standard InChI is InChI=1S/C26H18N4O6Se2/c31-25(29-19-5-1-3-11-27-19)15-7-9-17-21(35-13-33-17)23(15)37-38-24-16(8-10-18-22(24)36-14-34-18)26(32)30-20-6-2-4-12-28-20/h1-12H,13-14H2,(H,27,29,31)(H,28,30,32). The van der Waals surface area contributed by atoms with Crippen LogP contribution in [-0.2, 0) is 0 Å². The van der Waals surface area contributed by atoms with Crippen molar-refractivity contribution in [2.45, 2.75) is 0 Å². The van der Waals surface area contributed by atoms with E-state index in [2.05, 4.69) is 20.6 Å². The molecule has 4 heterocycles. The van der Waals surface area contributed by atoms with Crippen molar-refractivity contribution in [2.75, 3.05) is 24.2 Å². The third-order valence-electron chi connectivity index (χ3n) is 5.50. The normalized spacial score (nSPS) is 12.7. The Hall–Kier alpha value is -4.08. The Morgan fingerprint density at radius 1 is 0.632 bits per heavy atom. The average molecular weight is 640 g/mol. The summed E-state index contributed by atoms with van der Waals surface area (Å²) in [5.41, 5.74) is 0.928. The summed E-state index contributed by atoms with van der Waals surface area (Å²) in [4.78, 5) is 34.9. The molecule has 0 bridgehead atoms. The molecular formula is C26H18N4O6Se2. The number of nitrogens with zero attached hydrogens (tertiary/aromatic N) is 2. The third kappa shape index (κ3) is 4.90. The summed E-state index contributed by atoms with van der Waals surface area (Å²) in [6.45, 7) is 0.151. The molecule has 2 amide bonds. The van der Waals surface area contributed by atoms with E-state index in [4.69, 9.17) is 18.9 Å². The molecular weight excluding hydrogens is 622 g/mol. The first-order valence-electron chi connectivity index (χ1n) is 11.3. The van der Waals surface area contributed by atoms with Gasteiger partial charge < -0.3 is 0 Å². The number of fused-ring (bicyclic) bond motifs is 2. The van der Waals surface area contributed by atoms with Gasteiger partial charge in [0.05, 0.1) is 0 Å². The van der Waals surface area contributed by atoms with E-state index in [0.29, 0.717) is 45.8 Å². The molecule has 2 aliphatic heterocycles. The molecule has 2 aromatic heterocycles. The minimum atomic E-state index is -0.305. The molecule has 0 spiro atoms. The molecule has 2 N–H and O–H groups in total. The zero-order valence-corrected chi connectivity index (χ0v) is 22.9. The number of hydrogen-bond acceptors (Lipinski definition) is 8. The van der Waals surface area contributed by atoms with Gasteiger partial charge in [0.1, 0.15) is 0 Å². The number of pyridine rings is 2. The van der Waals surface area contributed by atoms with E-state index in [9.17, 15) is 9.59 Å². The summed E-state index contributed by atoms with van der Waals surface area (Å²) in [5.74, 6) is 2.53. The molecule has 0 fully saturated rings. The van der Waals surface area contributed by atoms with Crippen LogP contribution in [0.3, 0.4) is 0 Å². The molecule has 10 nitrogen and oxygen atoms in total. The van der Waals surface area contributed by atoms with Gasteiger partial charge in [-0.1, -0.05) is 0 Å². The Labute approximate surface area is 227 Å². The predicted octanol–water partition coefficient (Wildman–Crippen LogP) is 1.71. The van der Waals surface area contributed by atoms with E-state index in [1.165, 1.54) is 0 Å². The third-order valence-corrected chi connectivity index (χ3v) is 12.6. The first-order valence-corrected chi connectivity index (χ1v) is 17.4. The summed E-state index contributed by atoms with van der Waals surface area (Å²) in [6.07, 6.45) is 3.22. The number of nitrogens with one attached hydrogen (secondary N) is 2. The maximum atomic E-state index is 13.3. The second kappa shape index (κ2) is 10.7. The zero-order valence-electron chi connectivity index (χ0n) is 19.5. The maximum absolute atomic E-state index is 13.3. The molecule has 0 saturated carbocycles. The fourth-order valence-corrected chi connectivity index (χ4v) is 11.6. The molecule has 0 atom stereocenters. The Kier molecular flexibility index (Phi) is 6.85. The molecule has 0 aliphatic carbocycles. The molecule has 6 rings (SSSR count). The molecule has 190 valence electrons. The molecule has 0 radical (unpaired) electrons. The van der Waals surface area contributed by atoms with Crippen LogP contribution in [0.15, 0.2) is 73.1 Å². The van der Waals surface area contributed by atoms with E-state index >= 15 is 0 Å². The molecule has 4 aromatic rings. The van der Waals surface area contributed by atoms with Crippen LogP contribution in [0.4, 0.5) is 11.6 Å². The van der Waals surface area contributed by atoms with Gasteiger partial charge in [-0.15, -0.1) is 0 Å². The summed E-state index contributed by atoms with van der Waals surface area (Å²) in [5, 5.41) is 5.68. The number of benzene rings is 2. The SMILES string of the molecule is O=C(Nc1ccccn1)c1ccc2c(c1[Se][Se]c1c(C(=O)Nc3ccccn3)ccc3c1OCO3)OCO2. The van der Waals surface area contributed by atoms with Gasteiger partial charge in [-0.25, -0.2) is 0 Å². The van der Waals surface area contributed by atoms with Gasteiger partial charge in [-0.05, 0) is 0 Å². The van der Waals surface area contributed by atoms with E-state index in [1.807, 2.05) is 0 Å². The van der Waals surface area contributed by atoms with E-state index < -0.39 is 0 Å². The van der Waals surface area contributed by atoms with Crippen LogP contribution in [0.2, 0.25) is 0 Å². The Bertz CT molecular complexity index is 1410. The van der Waals surface area contributed by atoms with Gasteiger partial charge >= 0.3 is 229 Å². The van der Waals surface area contributed by atoms with Crippen LogP contribution in [0.1, 0.15) is 20.7 Å². The molecule has 2 aliphatic rings. The van der Waals surface area contributed by atoms with Crippen molar-refractivity contribution in [2.24, 2.45) is 0 Å². The fourth-order valence-electron chi connectivity index (χ4n) is 3.74. The van der Waals surface area contributed by atoms with E-state index in [0.717, 1.165) is 8.92 Å². The van der Waals surface area contributed by atoms with Crippen molar-refractivity contribution in [1.82, 2.24) is 9.97 Å². The van der Waals surface area contributed by atoms with Crippen LogP contribution in [-0.4, -0.2) is 61.6 Å². The van der Waals surface area contributed by atoms with Gasteiger partial charge in [0.2, 0.25) is 0 Å². The van der Waals surface area contributed by atoms with Crippen molar-refractivity contribution in [3.05, 3.63) is 84.2 Å². The van der Waals surface area contributed by atoms with Crippen LogP contribution in [0, 0.1) is 0 Å². The zero-order chi connectivity index (χ0) is 25.9. The number of rotatable bonds is 7. The molecule has 38 heavy (non-hydrogen) atoms. The van der Waals surface area contributed by atoms with Gasteiger partial charge in [0, 0.05) is 0 Å². The number of carbonyl (C=O) groups is 2. The van der Waals surface area contributed by atoms with Gasteiger partial charge in [0.15, 0.2) is 0 Å². The van der Waals surface area contributed by atoms with Crippen LogP contribution < -0.4 is 38.5 Å². The summed E-state index contributed by atoms with van der Waals surface area (Å²) < 4.78 is 24.2. The van der Waals surface area contributed by atoms with Gasteiger partial charge in [-0.3, -0.25) is 0 Å². The van der Waals surface area contributed by atoms with Crippen molar-refractivity contribution >= 4 is 58.6 Å². The number of amides is 2. The van der Waals surface area contributed by atoms with Gasteiger partial charge in [-0.2, -0.15) is 0 Å². The topological polar surface area (TPSA) is 121 Å². The van der Waals surface area contributed by atoms with Crippen LogP contribution in [0.5, 0.6) is 23.0 Å². The first-order chi connectivity index (χ1) is 18.7. The minimum absolute atomic E-state index is 0.0755. The number of anilines is 2.